The zero-order valence-corrected chi connectivity index (χ0v) is 13.9. The van der Waals surface area contributed by atoms with Crippen LogP contribution in [0.25, 0.3) is 0 Å². The van der Waals surface area contributed by atoms with Crippen LogP contribution in [0.3, 0.4) is 0 Å². The second-order valence-corrected chi connectivity index (χ2v) is 7.31. The minimum Gasteiger partial charge on any atom is -0.392 e. The smallest absolute Gasteiger partial charge is 0.240 e. The van der Waals surface area contributed by atoms with Gasteiger partial charge in [-0.3, -0.25) is 0 Å². The summed E-state index contributed by atoms with van der Waals surface area (Å²) in [5.41, 5.74) is 0.389. The number of benzene rings is 1. The zero-order valence-electron chi connectivity index (χ0n) is 12.3. The molecule has 2 N–H and O–H groups in total. The Bertz CT molecular complexity index is 546. The Kier molecular flexibility index (Phi) is 7.62. The SMILES string of the molecule is CC(C)COCCCNS(=O)(=O)c1ccc(Cl)c(CO)c1. The van der Waals surface area contributed by atoms with Crippen LogP contribution in [0.5, 0.6) is 0 Å². The van der Waals surface area contributed by atoms with Crippen molar-refractivity contribution in [3.8, 4) is 0 Å². The predicted molar refractivity (Wildman–Crippen MR) is 82.8 cm³/mol. The van der Waals surface area contributed by atoms with Gasteiger partial charge in [0.2, 0.25) is 10.0 Å². The van der Waals surface area contributed by atoms with Crippen LogP contribution in [0, 0.1) is 5.92 Å². The summed E-state index contributed by atoms with van der Waals surface area (Å²) < 4.78 is 32.0. The van der Waals surface area contributed by atoms with Crippen LogP contribution in [0.15, 0.2) is 23.1 Å². The molecule has 0 radical (unpaired) electrons. The molecule has 120 valence electrons. The molecule has 21 heavy (non-hydrogen) atoms. The molecule has 0 saturated carbocycles. The van der Waals surface area contributed by atoms with E-state index in [1.807, 2.05) is 0 Å². The van der Waals surface area contributed by atoms with Crippen molar-refractivity contribution < 1.29 is 18.3 Å². The molecule has 1 aromatic carbocycles. The second kappa shape index (κ2) is 8.70. The highest BCUT2D eigenvalue weighted by molar-refractivity contribution is 7.89. The molecule has 0 unspecified atom stereocenters. The normalized spacial score (nSPS) is 12.0. The summed E-state index contributed by atoms with van der Waals surface area (Å²) in [7, 11) is -3.59. The highest BCUT2D eigenvalue weighted by Gasteiger charge is 2.14. The molecular formula is C14H22ClNO4S. The average Bonchev–Trinajstić information content (AvgIpc) is 2.42. The van der Waals surface area contributed by atoms with Gasteiger partial charge in [0.25, 0.3) is 0 Å². The molecule has 7 heteroatoms. The summed E-state index contributed by atoms with van der Waals surface area (Å²) in [6, 6.07) is 4.26. The van der Waals surface area contributed by atoms with E-state index in [0.717, 1.165) is 0 Å². The Morgan fingerprint density at radius 1 is 1.38 bits per heavy atom. The van der Waals surface area contributed by atoms with Gasteiger partial charge in [-0.15, -0.1) is 0 Å². The fraction of sp³-hybridized carbons (Fsp3) is 0.571. The molecule has 0 aliphatic rings. The summed E-state index contributed by atoms with van der Waals surface area (Å²) in [6.45, 7) is 5.31. The summed E-state index contributed by atoms with van der Waals surface area (Å²) in [5.74, 6) is 0.465. The van der Waals surface area contributed by atoms with Crippen molar-refractivity contribution in [3.05, 3.63) is 28.8 Å². The lowest BCUT2D eigenvalue weighted by molar-refractivity contribution is 0.108. The Morgan fingerprint density at radius 3 is 2.71 bits per heavy atom. The molecule has 0 amide bonds. The Hall–Kier alpha value is -0.660. The van der Waals surface area contributed by atoms with Gasteiger partial charge in [-0.1, -0.05) is 25.4 Å². The molecule has 0 saturated heterocycles. The van der Waals surface area contributed by atoms with Gasteiger partial charge in [0.15, 0.2) is 0 Å². The molecule has 0 fully saturated rings. The number of rotatable bonds is 9. The molecule has 0 heterocycles. The number of hydrogen-bond acceptors (Lipinski definition) is 4. The van der Waals surface area contributed by atoms with Crippen LogP contribution in [0.2, 0.25) is 5.02 Å². The minimum absolute atomic E-state index is 0.0963. The van der Waals surface area contributed by atoms with Gasteiger partial charge in [0.05, 0.1) is 11.5 Å². The maximum absolute atomic E-state index is 12.1. The molecule has 0 bridgehead atoms. The van der Waals surface area contributed by atoms with E-state index in [1.54, 1.807) is 0 Å². The van der Waals surface area contributed by atoms with E-state index in [-0.39, 0.29) is 11.5 Å². The number of nitrogens with one attached hydrogen (secondary N) is 1. The van der Waals surface area contributed by atoms with Crippen molar-refractivity contribution in [1.82, 2.24) is 4.72 Å². The second-order valence-electron chi connectivity index (χ2n) is 5.13. The van der Waals surface area contributed by atoms with Crippen LogP contribution >= 0.6 is 11.6 Å². The monoisotopic (exact) mass is 335 g/mol. The fourth-order valence-electron chi connectivity index (χ4n) is 1.62. The first-order chi connectivity index (χ1) is 9.86. The maximum Gasteiger partial charge on any atom is 0.240 e. The van der Waals surface area contributed by atoms with Crippen LogP contribution < -0.4 is 4.72 Å². The molecule has 5 nitrogen and oxygen atoms in total. The largest absolute Gasteiger partial charge is 0.392 e. The third-order valence-corrected chi connectivity index (χ3v) is 4.53. The van der Waals surface area contributed by atoms with Crippen LogP contribution in [0.4, 0.5) is 0 Å². The topological polar surface area (TPSA) is 75.6 Å². The number of aliphatic hydroxyl groups excluding tert-OH is 1. The van der Waals surface area contributed by atoms with Crippen molar-refractivity contribution >= 4 is 21.6 Å². The first-order valence-corrected chi connectivity index (χ1v) is 8.69. The van der Waals surface area contributed by atoms with Gasteiger partial charge in [-0.2, -0.15) is 0 Å². The average molecular weight is 336 g/mol. The van der Waals surface area contributed by atoms with Crippen molar-refractivity contribution in [3.63, 3.8) is 0 Å². The third kappa shape index (κ3) is 6.32. The fourth-order valence-corrected chi connectivity index (χ4v) is 2.92. The van der Waals surface area contributed by atoms with Crippen molar-refractivity contribution in [2.24, 2.45) is 5.92 Å². The quantitative estimate of drug-likeness (QED) is 0.678. The first-order valence-electron chi connectivity index (χ1n) is 6.83. The van der Waals surface area contributed by atoms with Gasteiger partial charge in [-0.05, 0) is 36.1 Å². The van der Waals surface area contributed by atoms with E-state index < -0.39 is 10.0 Å². The van der Waals surface area contributed by atoms with E-state index in [4.69, 9.17) is 21.4 Å². The van der Waals surface area contributed by atoms with Gasteiger partial charge in [0.1, 0.15) is 0 Å². The molecule has 0 aromatic heterocycles. The lowest BCUT2D eigenvalue weighted by Gasteiger charge is -2.10. The molecule has 0 atom stereocenters. The lowest BCUT2D eigenvalue weighted by Crippen LogP contribution is -2.25. The summed E-state index contributed by atoms with van der Waals surface area (Å²) in [5, 5.41) is 9.46. The van der Waals surface area contributed by atoms with Gasteiger partial charge in [0, 0.05) is 24.8 Å². The number of hydrogen-bond donors (Lipinski definition) is 2. The van der Waals surface area contributed by atoms with Gasteiger partial charge < -0.3 is 9.84 Å². The maximum atomic E-state index is 12.1. The number of ether oxygens (including phenoxy) is 1. The molecule has 0 aliphatic heterocycles. The highest BCUT2D eigenvalue weighted by atomic mass is 35.5. The van der Waals surface area contributed by atoms with E-state index in [9.17, 15) is 8.42 Å². The van der Waals surface area contributed by atoms with E-state index >= 15 is 0 Å². The number of halogens is 1. The lowest BCUT2D eigenvalue weighted by atomic mass is 10.2. The summed E-state index contributed by atoms with van der Waals surface area (Å²) >= 11 is 5.84. The zero-order chi connectivity index (χ0) is 15.9. The summed E-state index contributed by atoms with van der Waals surface area (Å²) in [6.07, 6.45) is 0.604. The number of aliphatic hydroxyl groups is 1. The Balaban J connectivity index is 2.50. The molecule has 1 aromatic rings. The third-order valence-electron chi connectivity index (χ3n) is 2.71. The molecule has 0 aliphatic carbocycles. The standard InChI is InChI=1S/C14H22ClNO4S/c1-11(2)10-20-7-3-6-16-21(18,19)13-4-5-14(15)12(8-13)9-17/h4-5,8,11,16-17H,3,6-7,9-10H2,1-2H3. The van der Waals surface area contributed by atoms with Crippen molar-refractivity contribution in [1.29, 1.82) is 0 Å². The van der Waals surface area contributed by atoms with Crippen molar-refractivity contribution in [2.75, 3.05) is 19.8 Å². The molecular weight excluding hydrogens is 314 g/mol. The van der Waals surface area contributed by atoms with E-state index in [0.29, 0.717) is 42.7 Å². The van der Waals surface area contributed by atoms with E-state index in [2.05, 4.69) is 18.6 Å². The Labute approximate surface area is 131 Å². The predicted octanol–water partition coefficient (Wildman–Crippen LogP) is 2.17. The van der Waals surface area contributed by atoms with Crippen LogP contribution in [-0.2, 0) is 21.4 Å². The number of sulfonamides is 1. The minimum atomic E-state index is -3.59. The molecule has 1 rings (SSSR count). The van der Waals surface area contributed by atoms with E-state index in [1.165, 1.54) is 18.2 Å². The summed E-state index contributed by atoms with van der Waals surface area (Å²) in [4.78, 5) is 0.0963. The Morgan fingerprint density at radius 2 is 2.10 bits per heavy atom. The molecule has 0 spiro atoms. The van der Waals surface area contributed by atoms with Gasteiger partial charge in [-0.25, -0.2) is 13.1 Å². The van der Waals surface area contributed by atoms with Crippen LogP contribution in [-0.4, -0.2) is 33.3 Å². The van der Waals surface area contributed by atoms with Gasteiger partial charge >= 0.3 is 0 Å². The first kappa shape index (κ1) is 18.4. The van der Waals surface area contributed by atoms with Crippen molar-refractivity contribution in [2.45, 2.75) is 31.8 Å². The highest BCUT2D eigenvalue weighted by Crippen LogP contribution is 2.20. The van der Waals surface area contributed by atoms with Crippen LogP contribution in [0.1, 0.15) is 25.8 Å².